The molecule has 2 rings (SSSR count). The molecule has 0 aliphatic carbocycles. The van der Waals surface area contributed by atoms with E-state index in [1.807, 2.05) is 12.1 Å². The third-order valence-corrected chi connectivity index (χ3v) is 3.84. The lowest BCUT2D eigenvalue weighted by Gasteiger charge is -2.41. The summed E-state index contributed by atoms with van der Waals surface area (Å²) in [5.74, 6) is -0.146. The number of amides is 1. The summed E-state index contributed by atoms with van der Waals surface area (Å²) in [5, 5.41) is 13.9. The van der Waals surface area contributed by atoms with E-state index in [1.54, 1.807) is 17.3 Å². The van der Waals surface area contributed by atoms with Crippen LogP contribution in [0.3, 0.4) is 0 Å². The minimum Gasteiger partial charge on any atom is -0.379 e. The Labute approximate surface area is 132 Å². The van der Waals surface area contributed by atoms with Gasteiger partial charge in [-0.3, -0.25) is 9.78 Å². The second-order valence-corrected chi connectivity index (χ2v) is 7.39. The fourth-order valence-electron chi connectivity index (χ4n) is 2.87. The summed E-state index contributed by atoms with van der Waals surface area (Å²) in [4.78, 5) is 18.4. The van der Waals surface area contributed by atoms with Gasteiger partial charge < -0.3 is 15.3 Å². The van der Waals surface area contributed by atoms with Crippen LogP contribution in [-0.2, 0) is 11.3 Å². The number of nitrogens with zero attached hydrogens (tertiary/aromatic N) is 2. The summed E-state index contributed by atoms with van der Waals surface area (Å²) in [6, 6.07) is 3.85. The first-order chi connectivity index (χ1) is 10.3. The third kappa shape index (κ3) is 4.52. The van der Waals surface area contributed by atoms with Crippen molar-refractivity contribution in [2.24, 2.45) is 5.41 Å². The van der Waals surface area contributed by atoms with Gasteiger partial charge in [-0.15, -0.1) is 0 Å². The van der Waals surface area contributed by atoms with Crippen molar-refractivity contribution in [1.82, 2.24) is 15.2 Å². The van der Waals surface area contributed by atoms with Crippen LogP contribution in [0.15, 0.2) is 24.5 Å². The molecular formula is C17H27N3O2. The summed E-state index contributed by atoms with van der Waals surface area (Å²) in [6.07, 6.45) is 4.87. The van der Waals surface area contributed by atoms with E-state index in [4.69, 9.17) is 0 Å². The highest BCUT2D eigenvalue weighted by Crippen LogP contribution is 2.25. The van der Waals surface area contributed by atoms with Gasteiger partial charge >= 0.3 is 0 Å². The zero-order valence-corrected chi connectivity index (χ0v) is 13.8. The number of aromatic nitrogens is 1. The first kappa shape index (κ1) is 16.9. The first-order valence-corrected chi connectivity index (χ1v) is 7.92. The number of carbonyl (C=O) groups excluding carboxylic acids is 1. The van der Waals surface area contributed by atoms with Crippen molar-refractivity contribution < 1.29 is 9.90 Å². The van der Waals surface area contributed by atoms with E-state index in [1.165, 1.54) is 0 Å². The summed E-state index contributed by atoms with van der Waals surface area (Å²) >= 11 is 0. The maximum atomic E-state index is 12.6. The Morgan fingerprint density at radius 1 is 1.45 bits per heavy atom. The molecule has 1 unspecified atom stereocenters. The van der Waals surface area contributed by atoms with Crippen LogP contribution < -0.4 is 5.32 Å². The fourth-order valence-corrected chi connectivity index (χ4v) is 2.87. The van der Waals surface area contributed by atoms with E-state index in [-0.39, 0.29) is 17.9 Å². The molecule has 1 aliphatic heterocycles. The Kier molecular flexibility index (Phi) is 5.19. The second kappa shape index (κ2) is 6.75. The number of hydrogen-bond donors (Lipinski definition) is 2. The molecular weight excluding hydrogens is 278 g/mol. The second-order valence-electron chi connectivity index (χ2n) is 7.39. The maximum absolute atomic E-state index is 12.6. The van der Waals surface area contributed by atoms with E-state index >= 15 is 0 Å². The van der Waals surface area contributed by atoms with Gasteiger partial charge in [-0.25, -0.2) is 0 Å². The van der Waals surface area contributed by atoms with E-state index in [0.717, 1.165) is 18.5 Å². The number of piperidine rings is 1. The predicted molar refractivity (Wildman–Crippen MR) is 86.2 cm³/mol. The predicted octanol–water partition coefficient (Wildman–Crippen LogP) is 1.57. The van der Waals surface area contributed by atoms with Crippen LogP contribution in [0.2, 0.25) is 0 Å². The fraction of sp³-hybridized carbons (Fsp3) is 0.647. The number of nitrogens with one attached hydrogen (secondary N) is 1. The summed E-state index contributed by atoms with van der Waals surface area (Å²) in [7, 11) is 0. The molecule has 1 saturated heterocycles. The zero-order valence-electron chi connectivity index (χ0n) is 13.8. The molecule has 0 saturated carbocycles. The van der Waals surface area contributed by atoms with Crippen LogP contribution in [0.5, 0.6) is 0 Å². The molecule has 1 aromatic rings. The van der Waals surface area contributed by atoms with Crippen LogP contribution >= 0.6 is 0 Å². The highest BCUT2D eigenvalue weighted by molar-refractivity contribution is 5.86. The number of rotatable bonds is 5. The maximum Gasteiger partial charge on any atom is 0.255 e. The lowest BCUT2D eigenvalue weighted by atomic mass is 9.88. The monoisotopic (exact) mass is 305 g/mol. The third-order valence-electron chi connectivity index (χ3n) is 3.84. The average molecular weight is 305 g/mol. The normalized spacial score (nSPS) is 22.9. The standard InChI is InChI=1S/C17H27N3O2/c1-16(2,3)13-20-9-5-7-17(22,15(20)21)12-19-11-14-6-4-8-18-10-14/h4,6,8,10,19,22H,5,7,9,11-13H2,1-3H3. The molecule has 22 heavy (non-hydrogen) atoms. The highest BCUT2D eigenvalue weighted by atomic mass is 16.3. The SMILES string of the molecule is CC(C)(C)CN1CCCC(O)(CNCc2cccnc2)C1=O. The van der Waals surface area contributed by atoms with Crippen LogP contribution in [0, 0.1) is 5.41 Å². The van der Waals surface area contributed by atoms with Gasteiger partial charge in [0.15, 0.2) is 5.60 Å². The molecule has 122 valence electrons. The van der Waals surface area contributed by atoms with Gasteiger partial charge in [0.05, 0.1) is 0 Å². The van der Waals surface area contributed by atoms with Gasteiger partial charge in [0, 0.05) is 38.6 Å². The van der Waals surface area contributed by atoms with Crippen LogP contribution in [0.1, 0.15) is 39.2 Å². The van der Waals surface area contributed by atoms with Gasteiger partial charge in [-0.2, -0.15) is 0 Å². The average Bonchev–Trinajstić information content (AvgIpc) is 2.44. The molecule has 1 aromatic heterocycles. The van der Waals surface area contributed by atoms with Gasteiger partial charge in [0.1, 0.15) is 0 Å². The Balaban J connectivity index is 1.92. The summed E-state index contributed by atoms with van der Waals surface area (Å²) < 4.78 is 0. The first-order valence-electron chi connectivity index (χ1n) is 7.92. The van der Waals surface area contributed by atoms with E-state index in [2.05, 4.69) is 31.1 Å². The number of hydrogen-bond acceptors (Lipinski definition) is 4. The van der Waals surface area contributed by atoms with Gasteiger partial charge in [0.2, 0.25) is 0 Å². The highest BCUT2D eigenvalue weighted by Gasteiger charge is 2.42. The minimum atomic E-state index is -1.29. The van der Waals surface area contributed by atoms with E-state index in [0.29, 0.717) is 19.5 Å². The number of aliphatic hydroxyl groups is 1. The molecule has 1 fully saturated rings. The summed E-state index contributed by atoms with van der Waals surface area (Å²) in [6.45, 7) is 8.61. The molecule has 1 amide bonds. The Hall–Kier alpha value is -1.46. The van der Waals surface area contributed by atoms with Crippen LogP contribution in [0.25, 0.3) is 0 Å². The molecule has 5 heteroatoms. The molecule has 2 heterocycles. The number of carbonyl (C=O) groups is 1. The van der Waals surface area contributed by atoms with Crippen molar-refractivity contribution in [2.75, 3.05) is 19.6 Å². The largest absolute Gasteiger partial charge is 0.379 e. The van der Waals surface area contributed by atoms with Crippen molar-refractivity contribution in [2.45, 2.75) is 45.8 Å². The Bertz CT molecular complexity index is 498. The number of likely N-dealkylation sites (tertiary alicyclic amines) is 1. The Morgan fingerprint density at radius 2 is 2.23 bits per heavy atom. The Morgan fingerprint density at radius 3 is 2.86 bits per heavy atom. The molecule has 0 aromatic carbocycles. The van der Waals surface area contributed by atoms with E-state index in [9.17, 15) is 9.90 Å². The molecule has 0 radical (unpaired) electrons. The quantitative estimate of drug-likeness (QED) is 0.867. The molecule has 0 bridgehead atoms. The van der Waals surface area contributed by atoms with Gasteiger partial charge in [-0.1, -0.05) is 26.8 Å². The van der Waals surface area contributed by atoms with Gasteiger partial charge in [-0.05, 0) is 29.9 Å². The van der Waals surface area contributed by atoms with Crippen LogP contribution in [0.4, 0.5) is 0 Å². The van der Waals surface area contributed by atoms with Crippen molar-refractivity contribution in [3.8, 4) is 0 Å². The number of pyridine rings is 1. The van der Waals surface area contributed by atoms with Crippen molar-refractivity contribution in [3.63, 3.8) is 0 Å². The molecule has 1 aliphatic rings. The van der Waals surface area contributed by atoms with Gasteiger partial charge in [0.25, 0.3) is 5.91 Å². The topological polar surface area (TPSA) is 65.5 Å². The molecule has 5 nitrogen and oxygen atoms in total. The molecule has 2 N–H and O–H groups in total. The smallest absolute Gasteiger partial charge is 0.255 e. The zero-order chi connectivity index (χ0) is 16.2. The molecule has 1 atom stereocenters. The summed E-state index contributed by atoms with van der Waals surface area (Å²) in [5.41, 5.74) is -0.205. The van der Waals surface area contributed by atoms with Crippen molar-refractivity contribution in [1.29, 1.82) is 0 Å². The van der Waals surface area contributed by atoms with Crippen LogP contribution in [-0.4, -0.2) is 46.1 Å². The lowest BCUT2D eigenvalue weighted by molar-refractivity contribution is -0.158. The van der Waals surface area contributed by atoms with Crippen molar-refractivity contribution >= 4 is 5.91 Å². The van der Waals surface area contributed by atoms with Crippen molar-refractivity contribution in [3.05, 3.63) is 30.1 Å². The van der Waals surface area contributed by atoms with E-state index < -0.39 is 5.60 Å². The minimum absolute atomic E-state index is 0.0387. The lowest BCUT2D eigenvalue weighted by Crippen LogP contribution is -2.59. The molecule has 0 spiro atoms.